The van der Waals surface area contributed by atoms with Gasteiger partial charge >= 0.3 is 0 Å². The fourth-order valence-electron chi connectivity index (χ4n) is 2.61. The summed E-state index contributed by atoms with van der Waals surface area (Å²) in [7, 11) is 0. The number of hydrogen-bond acceptors (Lipinski definition) is 3. The van der Waals surface area contributed by atoms with Gasteiger partial charge < -0.3 is 15.1 Å². The van der Waals surface area contributed by atoms with Crippen LogP contribution in [-0.2, 0) is 0 Å². The van der Waals surface area contributed by atoms with Crippen LogP contribution in [0.5, 0.6) is 0 Å². The summed E-state index contributed by atoms with van der Waals surface area (Å²) in [6, 6.07) is 0.873. The van der Waals surface area contributed by atoms with Crippen molar-refractivity contribution in [2.45, 2.75) is 39.2 Å². The lowest BCUT2D eigenvalue weighted by Gasteiger charge is -2.35. The monoisotopic (exact) mass is 239 g/mol. The minimum Gasteiger partial charge on any atom is -0.314 e. The third-order valence-electron chi connectivity index (χ3n) is 3.75. The van der Waals surface area contributed by atoms with Gasteiger partial charge in [0.05, 0.1) is 0 Å². The molecule has 0 radical (unpaired) electrons. The molecule has 3 heteroatoms. The highest BCUT2D eigenvalue weighted by atomic mass is 15.3. The fraction of sp³-hybridized carbons (Fsp3) is 1.00. The first-order chi connectivity index (χ1) is 8.24. The third-order valence-corrected chi connectivity index (χ3v) is 3.75. The summed E-state index contributed by atoms with van der Waals surface area (Å²) >= 11 is 0. The molecule has 1 aliphatic carbocycles. The van der Waals surface area contributed by atoms with E-state index in [-0.39, 0.29) is 0 Å². The van der Waals surface area contributed by atoms with Crippen molar-refractivity contribution in [3.8, 4) is 0 Å². The summed E-state index contributed by atoms with van der Waals surface area (Å²) in [5.41, 5.74) is 0. The van der Waals surface area contributed by atoms with Gasteiger partial charge in [-0.3, -0.25) is 0 Å². The largest absolute Gasteiger partial charge is 0.314 e. The van der Waals surface area contributed by atoms with Crippen LogP contribution in [-0.4, -0.2) is 61.7 Å². The van der Waals surface area contributed by atoms with Gasteiger partial charge in [-0.15, -0.1) is 0 Å². The summed E-state index contributed by atoms with van der Waals surface area (Å²) < 4.78 is 0. The minimum atomic E-state index is 0.810. The Morgan fingerprint density at radius 2 is 1.71 bits per heavy atom. The second-order valence-corrected chi connectivity index (χ2v) is 6.12. The van der Waals surface area contributed by atoms with Crippen molar-refractivity contribution in [1.29, 1.82) is 0 Å². The summed E-state index contributed by atoms with van der Waals surface area (Å²) in [6.45, 7) is 13.5. The van der Waals surface area contributed by atoms with E-state index in [0.29, 0.717) is 0 Å². The molecule has 1 saturated carbocycles. The molecule has 0 amide bonds. The van der Waals surface area contributed by atoms with Crippen molar-refractivity contribution in [3.63, 3.8) is 0 Å². The summed E-state index contributed by atoms with van der Waals surface area (Å²) in [5.74, 6) is 0.810. The highest BCUT2D eigenvalue weighted by Gasteiger charge is 2.20. The van der Waals surface area contributed by atoms with E-state index < -0.39 is 0 Å². The van der Waals surface area contributed by atoms with Gasteiger partial charge in [-0.2, -0.15) is 0 Å². The Morgan fingerprint density at radius 3 is 2.29 bits per heavy atom. The third kappa shape index (κ3) is 5.36. The molecule has 0 unspecified atom stereocenters. The lowest BCUT2D eigenvalue weighted by atomic mass is 10.2. The molecule has 0 aromatic carbocycles. The van der Waals surface area contributed by atoms with Crippen molar-refractivity contribution < 1.29 is 0 Å². The van der Waals surface area contributed by atoms with Crippen LogP contribution in [0.2, 0.25) is 0 Å². The number of hydrogen-bond donors (Lipinski definition) is 1. The Labute approximate surface area is 107 Å². The molecule has 0 aromatic rings. The Bertz CT molecular complexity index is 203. The Morgan fingerprint density at radius 1 is 1.06 bits per heavy atom. The maximum absolute atomic E-state index is 3.59. The van der Waals surface area contributed by atoms with Gasteiger partial charge in [0, 0.05) is 38.8 Å². The van der Waals surface area contributed by atoms with E-state index in [0.717, 1.165) is 12.0 Å². The number of piperazine rings is 1. The molecule has 1 saturated heterocycles. The van der Waals surface area contributed by atoms with Crippen LogP contribution in [0.15, 0.2) is 0 Å². The maximum Gasteiger partial charge on any atom is 0.0110 e. The fourth-order valence-corrected chi connectivity index (χ4v) is 2.61. The zero-order valence-corrected chi connectivity index (χ0v) is 11.6. The Hall–Kier alpha value is -0.120. The van der Waals surface area contributed by atoms with Gasteiger partial charge in [-0.05, 0) is 38.3 Å². The molecule has 2 rings (SSSR count). The molecule has 1 aliphatic heterocycles. The molecule has 0 spiro atoms. The molecule has 0 aromatic heterocycles. The van der Waals surface area contributed by atoms with Crippen LogP contribution in [0.4, 0.5) is 0 Å². The summed E-state index contributed by atoms with van der Waals surface area (Å²) in [5, 5.41) is 3.59. The molecule has 2 fully saturated rings. The van der Waals surface area contributed by atoms with Crippen molar-refractivity contribution in [2.75, 3.05) is 45.8 Å². The van der Waals surface area contributed by atoms with Crippen molar-refractivity contribution in [1.82, 2.24) is 15.1 Å². The molecular formula is C14H29N3. The van der Waals surface area contributed by atoms with Crippen LogP contribution in [0.3, 0.4) is 0 Å². The first-order valence-electron chi connectivity index (χ1n) is 7.42. The van der Waals surface area contributed by atoms with E-state index in [1.165, 1.54) is 65.1 Å². The van der Waals surface area contributed by atoms with Crippen LogP contribution in [0.1, 0.15) is 33.1 Å². The van der Waals surface area contributed by atoms with E-state index in [2.05, 4.69) is 29.0 Å². The molecule has 0 bridgehead atoms. The van der Waals surface area contributed by atoms with Crippen molar-refractivity contribution in [2.24, 2.45) is 5.92 Å². The van der Waals surface area contributed by atoms with E-state index >= 15 is 0 Å². The topological polar surface area (TPSA) is 18.5 Å². The Balaban J connectivity index is 1.49. The lowest BCUT2D eigenvalue weighted by molar-refractivity contribution is 0.121. The zero-order valence-electron chi connectivity index (χ0n) is 11.6. The first kappa shape index (κ1) is 13.3. The van der Waals surface area contributed by atoms with E-state index in [1.54, 1.807) is 0 Å². The minimum absolute atomic E-state index is 0.810. The van der Waals surface area contributed by atoms with E-state index in [4.69, 9.17) is 0 Å². The highest BCUT2D eigenvalue weighted by molar-refractivity contribution is 4.81. The maximum atomic E-state index is 3.59. The zero-order chi connectivity index (χ0) is 12.1. The van der Waals surface area contributed by atoms with Gasteiger partial charge in [-0.1, -0.05) is 13.8 Å². The van der Waals surface area contributed by atoms with Gasteiger partial charge in [0.2, 0.25) is 0 Å². The van der Waals surface area contributed by atoms with Crippen LogP contribution in [0, 0.1) is 5.92 Å². The van der Waals surface area contributed by atoms with Crippen LogP contribution >= 0.6 is 0 Å². The van der Waals surface area contributed by atoms with Gasteiger partial charge in [-0.25, -0.2) is 0 Å². The first-order valence-corrected chi connectivity index (χ1v) is 7.42. The molecule has 0 atom stereocenters. The predicted octanol–water partition coefficient (Wildman–Crippen LogP) is 1.40. The Kier molecular flexibility index (Phi) is 5.26. The van der Waals surface area contributed by atoms with Crippen LogP contribution in [0.25, 0.3) is 0 Å². The molecule has 1 N–H and O–H groups in total. The van der Waals surface area contributed by atoms with E-state index in [1.807, 2.05) is 0 Å². The second kappa shape index (κ2) is 6.72. The predicted molar refractivity (Wildman–Crippen MR) is 73.4 cm³/mol. The molecule has 2 aliphatic rings. The molecule has 100 valence electrons. The summed E-state index contributed by atoms with van der Waals surface area (Å²) in [4.78, 5) is 5.25. The lowest BCUT2D eigenvalue weighted by Crippen LogP contribution is -2.47. The smallest absolute Gasteiger partial charge is 0.0110 e. The summed E-state index contributed by atoms with van der Waals surface area (Å²) in [6.07, 6.45) is 4.14. The number of nitrogens with zero attached hydrogens (tertiary/aromatic N) is 2. The SMILES string of the molecule is CC(C)CN1CCN(CCCNC2CC2)CC1. The van der Waals surface area contributed by atoms with Crippen molar-refractivity contribution in [3.05, 3.63) is 0 Å². The normalized spacial score (nSPS) is 23.5. The number of nitrogens with one attached hydrogen (secondary N) is 1. The van der Waals surface area contributed by atoms with E-state index in [9.17, 15) is 0 Å². The average molecular weight is 239 g/mol. The standard InChI is InChI=1S/C14H29N3/c1-13(2)12-17-10-8-16(9-11-17)7-3-6-15-14-4-5-14/h13-15H,3-12H2,1-2H3. The van der Waals surface area contributed by atoms with Gasteiger partial charge in [0.15, 0.2) is 0 Å². The molecule has 17 heavy (non-hydrogen) atoms. The quantitative estimate of drug-likeness (QED) is 0.678. The van der Waals surface area contributed by atoms with Gasteiger partial charge in [0.25, 0.3) is 0 Å². The van der Waals surface area contributed by atoms with Crippen molar-refractivity contribution >= 4 is 0 Å². The van der Waals surface area contributed by atoms with Crippen LogP contribution < -0.4 is 5.32 Å². The molecular weight excluding hydrogens is 210 g/mol. The second-order valence-electron chi connectivity index (χ2n) is 6.12. The molecule has 3 nitrogen and oxygen atoms in total. The molecule has 1 heterocycles. The highest BCUT2D eigenvalue weighted by Crippen LogP contribution is 2.18. The average Bonchev–Trinajstić information content (AvgIpc) is 3.10. The van der Waals surface area contributed by atoms with Gasteiger partial charge in [0.1, 0.15) is 0 Å². The number of rotatable bonds is 7.